The maximum atomic E-state index is 12.0. The number of nitrogens with zero attached hydrogens (tertiary/aromatic N) is 1. The Morgan fingerprint density at radius 3 is 1.85 bits per heavy atom. The number of rotatable bonds is 16. The van der Waals surface area contributed by atoms with Crippen molar-refractivity contribution in [1.82, 2.24) is 10.6 Å². The van der Waals surface area contributed by atoms with Crippen molar-refractivity contribution in [3.63, 3.8) is 0 Å². The van der Waals surface area contributed by atoms with Crippen molar-refractivity contribution in [2.45, 2.75) is 83.6 Å². The third kappa shape index (κ3) is 17.5. The average Bonchev–Trinajstić information content (AvgIpc) is 2.50. The summed E-state index contributed by atoms with van der Waals surface area (Å²) in [7, 11) is 5.95. The van der Waals surface area contributed by atoms with Crippen LogP contribution in [0.2, 0.25) is 0 Å². The molecule has 3 N–H and O–H groups in total. The number of unbranched alkanes of at least 4 members (excludes halogenated alkanes) is 9. The third-order valence-electron chi connectivity index (χ3n) is 4.34. The van der Waals surface area contributed by atoms with Gasteiger partial charge in [0.1, 0.15) is 0 Å². The molecule has 0 unspecified atom stereocenters. The first-order valence-corrected chi connectivity index (χ1v) is 10.3. The molecule has 0 saturated heterocycles. The van der Waals surface area contributed by atoms with Crippen LogP contribution in [0.15, 0.2) is 0 Å². The summed E-state index contributed by atoms with van der Waals surface area (Å²) in [6.07, 6.45) is 12.6. The molecule has 0 bridgehead atoms. The first-order valence-electron chi connectivity index (χ1n) is 10.3. The van der Waals surface area contributed by atoms with Crippen LogP contribution >= 0.6 is 0 Å². The number of carbonyl (C=O) groups is 2. The molecule has 0 aromatic carbocycles. The number of carboxylic acids is 1. The number of carbonyl (C=O) groups excluding carboxylic acids is 1. The molecule has 0 aliphatic rings. The summed E-state index contributed by atoms with van der Waals surface area (Å²) in [4.78, 5) is 22.9. The highest BCUT2D eigenvalue weighted by atomic mass is 16.4. The predicted octanol–water partition coefficient (Wildman–Crippen LogP) is 3.76. The molecule has 0 spiro atoms. The number of carboxylic acid groups (broad SMARTS) is 1. The van der Waals surface area contributed by atoms with Gasteiger partial charge in [-0.3, -0.25) is 4.79 Å². The summed E-state index contributed by atoms with van der Waals surface area (Å²) >= 11 is 0. The van der Waals surface area contributed by atoms with Crippen LogP contribution in [0.4, 0.5) is 4.79 Å². The molecule has 2 amide bonds. The van der Waals surface area contributed by atoms with E-state index in [4.69, 9.17) is 5.11 Å². The number of nitrogens with one attached hydrogen (secondary N) is 2. The molecule has 1 atom stereocenters. The summed E-state index contributed by atoms with van der Waals surface area (Å²) in [5, 5.41) is 14.6. The van der Waals surface area contributed by atoms with E-state index < -0.39 is 5.97 Å². The second-order valence-corrected chi connectivity index (χ2v) is 8.35. The van der Waals surface area contributed by atoms with Crippen molar-refractivity contribution >= 4 is 12.0 Å². The largest absolute Gasteiger partial charge is 0.481 e. The summed E-state index contributed by atoms with van der Waals surface area (Å²) in [5.41, 5.74) is 0. The van der Waals surface area contributed by atoms with Gasteiger partial charge in [0.2, 0.25) is 0 Å². The molecule has 0 heterocycles. The van der Waals surface area contributed by atoms with Gasteiger partial charge in [-0.25, -0.2) is 4.79 Å². The zero-order valence-corrected chi connectivity index (χ0v) is 17.5. The van der Waals surface area contributed by atoms with Crippen LogP contribution in [0.25, 0.3) is 0 Å². The predicted molar refractivity (Wildman–Crippen MR) is 107 cm³/mol. The molecule has 0 fully saturated rings. The van der Waals surface area contributed by atoms with Crippen molar-refractivity contribution in [3.8, 4) is 0 Å². The van der Waals surface area contributed by atoms with E-state index in [0.29, 0.717) is 17.6 Å². The van der Waals surface area contributed by atoms with Crippen molar-refractivity contribution in [2.75, 3.05) is 34.2 Å². The Bertz CT molecular complexity index is 381. The Morgan fingerprint density at radius 2 is 1.38 bits per heavy atom. The number of hydrogen-bond donors (Lipinski definition) is 3. The SMILES string of the molecule is CCCCCCCCCCCCNC(=O)N[C@H](CC(=O)O)C[N+](C)(C)C. The van der Waals surface area contributed by atoms with Gasteiger partial charge in [0, 0.05) is 6.54 Å². The van der Waals surface area contributed by atoms with E-state index in [1.807, 2.05) is 21.1 Å². The van der Waals surface area contributed by atoms with Gasteiger partial charge in [-0.2, -0.15) is 0 Å². The fraction of sp³-hybridized carbons (Fsp3) is 0.900. The lowest BCUT2D eigenvalue weighted by molar-refractivity contribution is -0.871. The van der Waals surface area contributed by atoms with Crippen LogP contribution in [0.1, 0.15) is 77.6 Å². The molecule has 6 heteroatoms. The Kier molecular flexibility index (Phi) is 14.1. The first kappa shape index (κ1) is 24.7. The van der Waals surface area contributed by atoms with Gasteiger partial charge < -0.3 is 20.2 Å². The summed E-state index contributed by atoms with van der Waals surface area (Å²) < 4.78 is 0.608. The number of aliphatic carboxylic acids is 1. The molecular weight excluding hydrogens is 330 g/mol. The molecule has 0 aromatic heterocycles. The molecular formula is C20H42N3O3+. The number of urea groups is 1. The van der Waals surface area contributed by atoms with Gasteiger partial charge in [-0.15, -0.1) is 0 Å². The summed E-state index contributed by atoms with van der Waals surface area (Å²) in [6, 6.07) is -0.624. The molecule has 154 valence electrons. The molecule has 0 aromatic rings. The van der Waals surface area contributed by atoms with E-state index in [0.717, 1.165) is 12.8 Å². The molecule has 0 aliphatic carbocycles. The average molecular weight is 373 g/mol. The van der Waals surface area contributed by atoms with Gasteiger partial charge in [0.15, 0.2) is 0 Å². The highest BCUT2D eigenvalue weighted by Crippen LogP contribution is 2.10. The van der Waals surface area contributed by atoms with Crippen molar-refractivity contribution in [3.05, 3.63) is 0 Å². The fourth-order valence-corrected chi connectivity index (χ4v) is 3.08. The molecule has 26 heavy (non-hydrogen) atoms. The zero-order valence-electron chi connectivity index (χ0n) is 17.5. The third-order valence-corrected chi connectivity index (χ3v) is 4.34. The minimum atomic E-state index is -0.890. The van der Waals surface area contributed by atoms with Crippen molar-refractivity contribution in [1.29, 1.82) is 0 Å². The maximum Gasteiger partial charge on any atom is 0.315 e. The van der Waals surface area contributed by atoms with Gasteiger partial charge in [0.25, 0.3) is 0 Å². The van der Waals surface area contributed by atoms with Crippen molar-refractivity contribution in [2.24, 2.45) is 0 Å². The minimum absolute atomic E-state index is 0.0544. The van der Waals surface area contributed by atoms with E-state index in [1.165, 1.54) is 51.4 Å². The number of quaternary nitrogens is 1. The molecule has 0 saturated carbocycles. The zero-order chi connectivity index (χ0) is 19.8. The van der Waals surface area contributed by atoms with E-state index >= 15 is 0 Å². The minimum Gasteiger partial charge on any atom is -0.481 e. The summed E-state index contributed by atoms with van der Waals surface area (Å²) in [5.74, 6) is -0.890. The summed E-state index contributed by atoms with van der Waals surface area (Å²) in [6.45, 7) is 3.47. The van der Waals surface area contributed by atoms with Crippen LogP contribution in [-0.4, -0.2) is 61.9 Å². The topological polar surface area (TPSA) is 78.4 Å². The fourth-order valence-electron chi connectivity index (χ4n) is 3.08. The van der Waals surface area contributed by atoms with Gasteiger partial charge in [0.05, 0.1) is 40.2 Å². The van der Waals surface area contributed by atoms with Gasteiger partial charge in [-0.1, -0.05) is 64.7 Å². The smallest absolute Gasteiger partial charge is 0.315 e. The molecule has 0 radical (unpaired) electrons. The van der Waals surface area contributed by atoms with Crippen LogP contribution in [-0.2, 0) is 4.79 Å². The Hall–Kier alpha value is -1.30. The van der Waals surface area contributed by atoms with Gasteiger partial charge >= 0.3 is 12.0 Å². The maximum absolute atomic E-state index is 12.0. The highest BCUT2D eigenvalue weighted by Gasteiger charge is 2.22. The second-order valence-electron chi connectivity index (χ2n) is 8.35. The van der Waals surface area contributed by atoms with Crippen molar-refractivity contribution < 1.29 is 19.2 Å². The Balaban J connectivity index is 3.72. The molecule has 0 rings (SSSR count). The van der Waals surface area contributed by atoms with E-state index in [9.17, 15) is 9.59 Å². The van der Waals surface area contributed by atoms with E-state index in [2.05, 4.69) is 17.6 Å². The molecule has 6 nitrogen and oxygen atoms in total. The van der Waals surface area contributed by atoms with Crippen LogP contribution < -0.4 is 10.6 Å². The van der Waals surface area contributed by atoms with E-state index in [1.54, 1.807) is 0 Å². The lowest BCUT2D eigenvalue weighted by atomic mass is 10.1. The van der Waals surface area contributed by atoms with Crippen LogP contribution in [0.5, 0.6) is 0 Å². The standard InChI is InChI=1S/C20H41N3O3/c1-5-6-7-8-9-10-11-12-13-14-15-21-20(26)22-18(16-19(24)25)17-23(2,3)4/h18H,5-17H2,1-4H3,(H2-,21,22,24,25,26)/p+1/t18-/m1/s1. The molecule has 0 aliphatic heterocycles. The van der Waals surface area contributed by atoms with Crippen LogP contribution in [0.3, 0.4) is 0 Å². The van der Waals surface area contributed by atoms with E-state index in [-0.39, 0.29) is 18.5 Å². The van der Waals surface area contributed by atoms with Gasteiger partial charge in [-0.05, 0) is 6.42 Å². The Morgan fingerprint density at radius 1 is 0.885 bits per heavy atom. The highest BCUT2D eigenvalue weighted by molar-refractivity contribution is 5.75. The first-order chi connectivity index (χ1) is 12.2. The van der Waals surface area contributed by atoms with Crippen LogP contribution in [0, 0.1) is 0 Å². The normalized spacial score (nSPS) is 12.6. The lowest BCUT2D eigenvalue weighted by Gasteiger charge is -2.29. The quantitative estimate of drug-likeness (QED) is 0.285. The number of amides is 2. The second kappa shape index (κ2) is 14.8. The number of hydrogen-bond acceptors (Lipinski definition) is 2. The Labute approximate surface area is 160 Å². The number of likely N-dealkylation sites (N-methyl/N-ethyl adjacent to an activating group) is 1. The monoisotopic (exact) mass is 372 g/mol. The lowest BCUT2D eigenvalue weighted by Crippen LogP contribution is -2.52.